The van der Waals surface area contributed by atoms with Gasteiger partial charge in [0.05, 0.1) is 10.9 Å². The topological polar surface area (TPSA) is 74.3 Å². The summed E-state index contributed by atoms with van der Waals surface area (Å²) in [6, 6.07) is 12.9. The fourth-order valence-electron chi connectivity index (χ4n) is 3.71. The molecule has 0 saturated heterocycles. The Bertz CT molecular complexity index is 1390. The second-order valence-corrected chi connectivity index (χ2v) is 8.62. The predicted octanol–water partition coefficient (Wildman–Crippen LogP) is 4.84. The third-order valence-electron chi connectivity index (χ3n) is 5.58. The summed E-state index contributed by atoms with van der Waals surface area (Å²) in [6.07, 6.45) is 0.720. The second-order valence-electron chi connectivity index (χ2n) is 7.68. The van der Waals surface area contributed by atoms with Crippen molar-refractivity contribution in [3.05, 3.63) is 79.9 Å². The summed E-state index contributed by atoms with van der Waals surface area (Å²) in [5.74, 6) is 0.501. The molecule has 4 aromatic rings. The molecule has 32 heavy (non-hydrogen) atoms. The molecule has 0 radical (unpaired) electrons. The second kappa shape index (κ2) is 9.71. The van der Waals surface area contributed by atoms with E-state index in [0.717, 1.165) is 28.5 Å². The summed E-state index contributed by atoms with van der Waals surface area (Å²) < 4.78 is 12.7. The van der Waals surface area contributed by atoms with Crippen LogP contribution in [0, 0.1) is 13.8 Å². The summed E-state index contributed by atoms with van der Waals surface area (Å²) >= 11 is 1.46. The number of hydrogen-bond acceptors (Lipinski definition) is 6. The highest BCUT2D eigenvalue weighted by Crippen LogP contribution is 2.28. The molecule has 2 aromatic carbocycles. The normalized spacial score (nSPS) is 11.5. The number of aryl methyl sites for hydroxylation is 2. The zero-order valence-corrected chi connectivity index (χ0v) is 19.3. The van der Waals surface area contributed by atoms with Gasteiger partial charge in [-0.2, -0.15) is 0 Å². The quantitative estimate of drug-likeness (QED) is 0.166. The first-order chi connectivity index (χ1) is 15.5. The zero-order valence-electron chi connectivity index (χ0n) is 18.5. The third kappa shape index (κ3) is 4.49. The average molecular weight is 451 g/mol. The van der Waals surface area contributed by atoms with Crippen LogP contribution in [0.25, 0.3) is 21.9 Å². The van der Waals surface area contributed by atoms with E-state index in [4.69, 9.17) is 14.1 Å². The van der Waals surface area contributed by atoms with Crippen LogP contribution in [0.2, 0.25) is 0 Å². The van der Waals surface area contributed by atoms with Crippen LogP contribution in [0.15, 0.2) is 61.6 Å². The maximum atomic E-state index is 13.2. The minimum Gasteiger partial charge on any atom is -0.422 e. The molecule has 2 heterocycles. The Morgan fingerprint density at radius 2 is 1.91 bits per heavy atom. The van der Waals surface area contributed by atoms with Gasteiger partial charge in [0, 0.05) is 37.0 Å². The van der Waals surface area contributed by atoms with Crippen LogP contribution in [-0.4, -0.2) is 22.8 Å². The van der Waals surface area contributed by atoms with Gasteiger partial charge in [-0.1, -0.05) is 36.0 Å². The minimum atomic E-state index is -0.373. The molecule has 0 aliphatic carbocycles. The summed E-state index contributed by atoms with van der Waals surface area (Å²) in [6.45, 7) is 7.66. The third-order valence-corrected chi connectivity index (χ3v) is 6.60. The summed E-state index contributed by atoms with van der Waals surface area (Å²) in [5, 5.41) is 2.15. The molecule has 0 aliphatic rings. The molecule has 0 amide bonds. The monoisotopic (exact) mass is 450 g/mol. The van der Waals surface area contributed by atoms with Crippen molar-refractivity contribution in [1.29, 1.82) is 0 Å². The Morgan fingerprint density at radius 1 is 1.09 bits per heavy atom. The smallest absolute Gasteiger partial charge is 0.336 e. The van der Waals surface area contributed by atoms with Crippen molar-refractivity contribution in [2.24, 2.45) is 0 Å². The summed E-state index contributed by atoms with van der Waals surface area (Å²) in [7, 11) is 0. The number of aromatic nitrogens is 2. The Kier molecular flexibility index (Phi) is 6.77. The van der Waals surface area contributed by atoms with Gasteiger partial charge >= 0.3 is 5.63 Å². The van der Waals surface area contributed by atoms with Crippen molar-refractivity contribution in [2.75, 3.05) is 13.2 Å². The first-order valence-corrected chi connectivity index (χ1v) is 11.7. The van der Waals surface area contributed by atoms with Gasteiger partial charge in [0.15, 0.2) is 5.16 Å². The molecule has 0 N–H and O–H groups in total. The molecule has 0 atom stereocenters. The van der Waals surface area contributed by atoms with Gasteiger partial charge in [0.1, 0.15) is 5.58 Å². The molecule has 0 fully saturated rings. The van der Waals surface area contributed by atoms with Crippen LogP contribution in [0.3, 0.4) is 0 Å². The van der Waals surface area contributed by atoms with E-state index in [0.29, 0.717) is 47.2 Å². The lowest BCUT2D eigenvalue weighted by Crippen LogP contribution is -2.24. The number of fused-ring (bicyclic) bond motifs is 2. The van der Waals surface area contributed by atoms with Crippen LogP contribution >= 0.6 is 11.8 Å². The number of hydrogen-bond donors (Lipinski definition) is 0. The number of para-hydroxylation sites is 1. The van der Waals surface area contributed by atoms with Crippen molar-refractivity contribution >= 4 is 33.6 Å². The first kappa shape index (κ1) is 22.3. The van der Waals surface area contributed by atoms with Crippen molar-refractivity contribution in [3.63, 3.8) is 0 Å². The molecule has 0 aliphatic heterocycles. The highest BCUT2D eigenvalue weighted by molar-refractivity contribution is 7.98. The van der Waals surface area contributed by atoms with Gasteiger partial charge in [-0.05, 0) is 56.0 Å². The fraction of sp³-hybridized carbons (Fsp3) is 0.320. The Morgan fingerprint density at radius 3 is 2.72 bits per heavy atom. The maximum Gasteiger partial charge on any atom is 0.336 e. The van der Waals surface area contributed by atoms with E-state index in [1.54, 1.807) is 10.6 Å². The number of thioether (sulfide) groups is 1. The number of rotatable bonds is 8. The molecule has 4 rings (SSSR count). The van der Waals surface area contributed by atoms with Gasteiger partial charge < -0.3 is 9.15 Å². The van der Waals surface area contributed by atoms with Gasteiger partial charge in [0.2, 0.25) is 0 Å². The first-order valence-electron chi connectivity index (χ1n) is 10.7. The molecule has 166 valence electrons. The maximum absolute atomic E-state index is 13.2. The minimum absolute atomic E-state index is 0.0569. The zero-order chi connectivity index (χ0) is 22.7. The molecule has 6 nitrogen and oxygen atoms in total. The van der Waals surface area contributed by atoms with Gasteiger partial charge in [-0.15, -0.1) is 0 Å². The largest absolute Gasteiger partial charge is 0.422 e. The van der Waals surface area contributed by atoms with E-state index >= 15 is 0 Å². The van der Waals surface area contributed by atoms with Crippen molar-refractivity contribution in [1.82, 2.24) is 9.55 Å². The molecule has 0 unspecified atom stereocenters. The lowest BCUT2D eigenvalue weighted by Gasteiger charge is -2.14. The Hall–Kier alpha value is -2.90. The van der Waals surface area contributed by atoms with Crippen molar-refractivity contribution < 1.29 is 9.15 Å². The number of ether oxygens (including phenoxy) is 1. The lowest BCUT2D eigenvalue weighted by atomic mass is 10.0. The summed E-state index contributed by atoms with van der Waals surface area (Å²) in [4.78, 5) is 30.2. The van der Waals surface area contributed by atoms with E-state index in [9.17, 15) is 9.59 Å². The molecular weight excluding hydrogens is 424 g/mol. The van der Waals surface area contributed by atoms with Gasteiger partial charge in [-0.3, -0.25) is 9.36 Å². The molecule has 0 bridgehead atoms. The van der Waals surface area contributed by atoms with E-state index in [-0.39, 0.29) is 11.2 Å². The van der Waals surface area contributed by atoms with Crippen LogP contribution in [0.4, 0.5) is 0 Å². The van der Waals surface area contributed by atoms with E-state index < -0.39 is 0 Å². The molecular formula is C25H26N2O4S. The Balaban J connectivity index is 1.72. The molecule has 2 aromatic heterocycles. The van der Waals surface area contributed by atoms with E-state index in [2.05, 4.69) is 0 Å². The average Bonchev–Trinajstić information content (AvgIpc) is 2.79. The number of nitrogens with zero attached hydrogens (tertiary/aromatic N) is 2. The highest BCUT2D eigenvalue weighted by Gasteiger charge is 2.14. The fourth-order valence-corrected chi connectivity index (χ4v) is 4.73. The van der Waals surface area contributed by atoms with Crippen molar-refractivity contribution in [3.8, 4) is 0 Å². The van der Waals surface area contributed by atoms with E-state index in [1.165, 1.54) is 17.8 Å². The SMILES string of the molecule is CCOCCCn1c(SCc2cc(=O)oc3c(C)c(C)ccc23)nc2ccccc2c1=O. The van der Waals surface area contributed by atoms with Gasteiger partial charge in [0.25, 0.3) is 5.56 Å². The lowest BCUT2D eigenvalue weighted by molar-refractivity contribution is 0.140. The molecule has 7 heteroatoms. The standard InChI is InChI=1S/C25H26N2O4S/c1-4-30-13-7-12-27-24(29)20-8-5-6-9-21(20)26-25(27)32-15-18-14-22(28)31-23-17(3)16(2)10-11-19(18)23/h5-6,8-11,14H,4,7,12-13,15H2,1-3H3. The number of benzene rings is 2. The predicted molar refractivity (Wildman–Crippen MR) is 129 cm³/mol. The molecule has 0 spiro atoms. The highest BCUT2D eigenvalue weighted by atomic mass is 32.2. The van der Waals surface area contributed by atoms with Crippen LogP contribution in [0.1, 0.15) is 30.0 Å². The van der Waals surface area contributed by atoms with Crippen LogP contribution in [-0.2, 0) is 17.0 Å². The van der Waals surface area contributed by atoms with Crippen molar-refractivity contribution in [2.45, 2.75) is 44.6 Å². The van der Waals surface area contributed by atoms with E-state index in [1.807, 2.05) is 51.1 Å². The van der Waals surface area contributed by atoms with Crippen LogP contribution < -0.4 is 11.2 Å². The van der Waals surface area contributed by atoms with Gasteiger partial charge in [-0.25, -0.2) is 9.78 Å². The van der Waals surface area contributed by atoms with Crippen LogP contribution in [0.5, 0.6) is 0 Å². The Labute approximate surface area is 190 Å². The summed E-state index contributed by atoms with van der Waals surface area (Å²) in [5.41, 5.74) is 3.76. The molecule has 0 saturated carbocycles.